The summed E-state index contributed by atoms with van der Waals surface area (Å²) in [5.74, 6) is 1.53. The minimum absolute atomic E-state index is 0.238. The largest absolute Gasteiger partial charge is 0.396 e. The second-order valence-electron chi connectivity index (χ2n) is 5.94. The first-order chi connectivity index (χ1) is 8.56. The zero-order chi connectivity index (χ0) is 13.5. The van der Waals surface area contributed by atoms with Crippen molar-refractivity contribution in [3.8, 4) is 0 Å². The number of nitrogens with zero attached hydrogens (tertiary/aromatic N) is 1. The van der Waals surface area contributed by atoms with Gasteiger partial charge in [-0.2, -0.15) is 0 Å². The third-order valence-electron chi connectivity index (χ3n) is 3.83. The lowest BCUT2D eigenvalue weighted by atomic mass is 9.92. The molecule has 0 bridgehead atoms. The minimum atomic E-state index is 0.238. The van der Waals surface area contributed by atoms with E-state index in [9.17, 15) is 4.79 Å². The van der Waals surface area contributed by atoms with E-state index < -0.39 is 0 Å². The normalized spacial score (nSPS) is 19.3. The molecule has 0 radical (unpaired) electrons. The van der Waals surface area contributed by atoms with Crippen molar-refractivity contribution in [1.82, 2.24) is 4.90 Å². The highest BCUT2D eigenvalue weighted by Gasteiger charge is 2.24. The summed E-state index contributed by atoms with van der Waals surface area (Å²) >= 11 is 0. The van der Waals surface area contributed by atoms with Crippen LogP contribution in [0.2, 0.25) is 0 Å². The molecule has 18 heavy (non-hydrogen) atoms. The van der Waals surface area contributed by atoms with Gasteiger partial charge < -0.3 is 15.7 Å². The van der Waals surface area contributed by atoms with Crippen LogP contribution in [0.5, 0.6) is 0 Å². The van der Waals surface area contributed by atoms with Gasteiger partial charge in [0.05, 0.1) is 0 Å². The van der Waals surface area contributed by atoms with Crippen LogP contribution >= 0.6 is 0 Å². The zero-order valence-corrected chi connectivity index (χ0v) is 11.8. The van der Waals surface area contributed by atoms with Gasteiger partial charge in [0.15, 0.2) is 0 Å². The predicted octanol–water partition coefficient (Wildman–Crippen LogP) is 1.23. The van der Waals surface area contributed by atoms with Crippen molar-refractivity contribution in [3.63, 3.8) is 0 Å². The average molecular weight is 256 g/mol. The van der Waals surface area contributed by atoms with Gasteiger partial charge in [-0.15, -0.1) is 0 Å². The Morgan fingerprint density at radius 2 is 2.00 bits per heavy atom. The van der Waals surface area contributed by atoms with Crippen molar-refractivity contribution in [2.24, 2.45) is 23.5 Å². The second kappa shape index (κ2) is 7.74. The molecule has 1 atom stereocenters. The summed E-state index contributed by atoms with van der Waals surface area (Å²) in [5, 5.41) is 9.08. The summed E-state index contributed by atoms with van der Waals surface area (Å²) in [6.07, 6.45) is 3.47. The molecule has 3 N–H and O–H groups in total. The van der Waals surface area contributed by atoms with Crippen LogP contribution in [0.25, 0.3) is 0 Å². The van der Waals surface area contributed by atoms with Crippen molar-refractivity contribution in [3.05, 3.63) is 0 Å². The highest BCUT2D eigenvalue weighted by molar-refractivity contribution is 5.76. The fourth-order valence-electron chi connectivity index (χ4n) is 2.67. The van der Waals surface area contributed by atoms with Crippen LogP contribution in [0.4, 0.5) is 0 Å². The number of amides is 1. The van der Waals surface area contributed by atoms with Gasteiger partial charge in [0.25, 0.3) is 0 Å². The van der Waals surface area contributed by atoms with E-state index in [0.717, 1.165) is 32.4 Å². The van der Waals surface area contributed by atoms with Crippen LogP contribution in [0.1, 0.15) is 39.5 Å². The molecule has 0 saturated carbocycles. The first kappa shape index (κ1) is 15.4. The van der Waals surface area contributed by atoms with Crippen molar-refractivity contribution >= 4 is 5.91 Å². The Balaban J connectivity index is 2.35. The lowest BCUT2D eigenvalue weighted by Crippen LogP contribution is -2.40. The lowest BCUT2D eigenvalue weighted by molar-refractivity contribution is -0.133. The van der Waals surface area contributed by atoms with Crippen molar-refractivity contribution in [2.45, 2.75) is 39.5 Å². The smallest absolute Gasteiger partial charge is 0.222 e. The first-order valence-electron chi connectivity index (χ1n) is 7.15. The lowest BCUT2D eigenvalue weighted by Gasteiger charge is -2.32. The number of piperidine rings is 1. The van der Waals surface area contributed by atoms with E-state index in [1.165, 1.54) is 0 Å². The summed E-state index contributed by atoms with van der Waals surface area (Å²) in [4.78, 5) is 14.1. The number of hydrogen-bond donors (Lipinski definition) is 2. The molecular formula is C14H28N2O2. The minimum Gasteiger partial charge on any atom is -0.396 e. The van der Waals surface area contributed by atoms with E-state index in [1.807, 2.05) is 4.90 Å². The van der Waals surface area contributed by atoms with E-state index in [2.05, 4.69) is 13.8 Å². The zero-order valence-electron chi connectivity index (χ0n) is 11.8. The molecule has 4 heteroatoms. The summed E-state index contributed by atoms with van der Waals surface area (Å²) in [6.45, 7) is 6.77. The third kappa shape index (κ3) is 4.94. The average Bonchev–Trinajstić information content (AvgIpc) is 2.37. The Morgan fingerprint density at radius 1 is 1.39 bits per heavy atom. The number of aliphatic hydroxyl groups excluding tert-OH is 1. The predicted molar refractivity (Wildman–Crippen MR) is 73.0 cm³/mol. The van der Waals surface area contributed by atoms with Gasteiger partial charge in [0.2, 0.25) is 5.91 Å². The van der Waals surface area contributed by atoms with Crippen molar-refractivity contribution < 1.29 is 9.90 Å². The molecule has 1 aliphatic heterocycles. The molecule has 1 rings (SSSR count). The first-order valence-corrected chi connectivity index (χ1v) is 7.15. The molecule has 1 saturated heterocycles. The maximum Gasteiger partial charge on any atom is 0.222 e. The number of carbonyl (C=O) groups is 1. The van der Waals surface area contributed by atoms with Gasteiger partial charge >= 0.3 is 0 Å². The van der Waals surface area contributed by atoms with Crippen LogP contribution < -0.4 is 5.73 Å². The molecule has 4 nitrogen and oxygen atoms in total. The molecule has 1 aliphatic rings. The van der Waals surface area contributed by atoms with E-state index in [1.54, 1.807) is 0 Å². The van der Waals surface area contributed by atoms with E-state index in [0.29, 0.717) is 30.7 Å². The van der Waals surface area contributed by atoms with E-state index in [-0.39, 0.29) is 12.5 Å². The van der Waals surface area contributed by atoms with Gasteiger partial charge in [-0.05, 0) is 43.6 Å². The molecule has 1 amide bonds. The third-order valence-corrected chi connectivity index (χ3v) is 3.83. The Kier molecular flexibility index (Phi) is 6.65. The monoisotopic (exact) mass is 256 g/mol. The fourth-order valence-corrected chi connectivity index (χ4v) is 2.67. The summed E-state index contributed by atoms with van der Waals surface area (Å²) in [5.41, 5.74) is 5.74. The van der Waals surface area contributed by atoms with Gasteiger partial charge in [-0.1, -0.05) is 13.8 Å². The Morgan fingerprint density at radius 3 is 2.44 bits per heavy atom. The van der Waals surface area contributed by atoms with Crippen LogP contribution in [0, 0.1) is 17.8 Å². The molecule has 1 fully saturated rings. The summed E-state index contributed by atoms with van der Waals surface area (Å²) in [7, 11) is 0. The number of likely N-dealkylation sites (tertiary alicyclic amines) is 1. The molecule has 0 aliphatic carbocycles. The Bertz CT molecular complexity index is 248. The fraction of sp³-hybridized carbons (Fsp3) is 0.929. The number of rotatable bonds is 6. The molecule has 0 spiro atoms. The van der Waals surface area contributed by atoms with Crippen molar-refractivity contribution in [2.75, 3.05) is 26.2 Å². The Labute approximate surface area is 111 Å². The molecule has 106 valence electrons. The van der Waals surface area contributed by atoms with Crippen LogP contribution in [-0.2, 0) is 4.79 Å². The maximum absolute atomic E-state index is 12.2. The SMILES string of the molecule is CC(C)CC(CN)CC(=O)N1CCC(CO)CC1. The molecule has 0 aromatic rings. The molecule has 0 aromatic carbocycles. The topological polar surface area (TPSA) is 66.6 Å². The van der Waals surface area contributed by atoms with Crippen LogP contribution in [-0.4, -0.2) is 42.2 Å². The van der Waals surface area contributed by atoms with Gasteiger partial charge in [0.1, 0.15) is 0 Å². The summed E-state index contributed by atoms with van der Waals surface area (Å²) < 4.78 is 0. The standard InChI is InChI=1S/C14H28N2O2/c1-11(2)7-13(9-15)8-14(18)16-5-3-12(10-17)4-6-16/h11-13,17H,3-10,15H2,1-2H3. The highest BCUT2D eigenvalue weighted by Crippen LogP contribution is 2.20. The number of carbonyl (C=O) groups excluding carboxylic acids is 1. The Hall–Kier alpha value is -0.610. The molecule has 1 heterocycles. The van der Waals surface area contributed by atoms with E-state index in [4.69, 9.17) is 10.8 Å². The second-order valence-corrected chi connectivity index (χ2v) is 5.94. The van der Waals surface area contributed by atoms with E-state index >= 15 is 0 Å². The number of nitrogens with two attached hydrogens (primary N) is 1. The van der Waals surface area contributed by atoms with Crippen molar-refractivity contribution in [1.29, 1.82) is 0 Å². The van der Waals surface area contributed by atoms with Crippen LogP contribution in [0.15, 0.2) is 0 Å². The number of aliphatic hydroxyl groups is 1. The molecular weight excluding hydrogens is 228 g/mol. The van der Waals surface area contributed by atoms with Gasteiger partial charge in [0, 0.05) is 26.1 Å². The quantitative estimate of drug-likeness (QED) is 0.751. The van der Waals surface area contributed by atoms with Gasteiger partial charge in [-0.3, -0.25) is 4.79 Å². The molecule has 0 aromatic heterocycles. The van der Waals surface area contributed by atoms with Gasteiger partial charge in [-0.25, -0.2) is 0 Å². The molecule has 1 unspecified atom stereocenters. The maximum atomic E-state index is 12.2. The highest BCUT2D eigenvalue weighted by atomic mass is 16.3. The summed E-state index contributed by atoms with van der Waals surface area (Å²) in [6, 6.07) is 0. The number of hydrogen-bond acceptors (Lipinski definition) is 3. The van der Waals surface area contributed by atoms with Crippen LogP contribution in [0.3, 0.4) is 0 Å².